The van der Waals surface area contributed by atoms with Gasteiger partial charge in [0.05, 0.1) is 4.92 Å². The third-order valence-electron chi connectivity index (χ3n) is 4.28. The Balaban J connectivity index is 0.00000320. The van der Waals surface area contributed by atoms with Crippen LogP contribution in [0.15, 0.2) is 77.3 Å². The van der Waals surface area contributed by atoms with Gasteiger partial charge in [-0.05, 0) is 35.9 Å². The summed E-state index contributed by atoms with van der Waals surface area (Å²) in [5.41, 5.74) is 3.14. The molecule has 0 saturated heterocycles. The summed E-state index contributed by atoms with van der Waals surface area (Å²) in [4.78, 5) is 10.3. The number of nitro groups is 1. The summed E-state index contributed by atoms with van der Waals surface area (Å²) in [6, 6.07) is 22.5. The van der Waals surface area contributed by atoms with Crippen LogP contribution in [-0.2, 0) is 13.2 Å². The summed E-state index contributed by atoms with van der Waals surface area (Å²) >= 11 is 3.52. The molecule has 0 unspecified atom stereocenters. The Hall–Kier alpha value is -2.61. The molecule has 0 heterocycles. The van der Waals surface area contributed by atoms with Gasteiger partial charge in [-0.1, -0.05) is 46.3 Å². The lowest BCUT2D eigenvalue weighted by Gasteiger charge is -2.13. The molecule has 0 atom stereocenters. The van der Waals surface area contributed by atoms with Gasteiger partial charge in [0, 0.05) is 47.5 Å². The molecule has 0 aliphatic carbocycles. The zero-order chi connectivity index (χ0) is 20.5. The van der Waals surface area contributed by atoms with Gasteiger partial charge in [-0.15, -0.1) is 12.4 Å². The fourth-order valence-electron chi connectivity index (χ4n) is 2.78. The number of benzene rings is 3. The summed E-state index contributed by atoms with van der Waals surface area (Å²) in [6.45, 7) is 2.64. The molecule has 6 nitrogen and oxygen atoms in total. The molecule has 0 saturated carbocycles. The van der Waals surface area contributed by atoms with Crippen LogP contribution in [0.3, 0.4) is 0 Å². The van der Waals surface area contributed by atoms with Crippen molar-refractivity contribution in [3.05, 3.63) is 98.5 Å². The lowest BCUT2D eigenvalue weighted by molar-refractivity contribution is -0.384. The number of non-ortho nitro benzene ring substituents is 1. The minimum Gasteiger partial charge on any atom is -0.489 e. The first-order valence-electron chi connectivity index (χ1n) is 9.26. The zero-order valence-corrected chi connectivity index (χ0v) is 18.6. The molecule has 0 aliphatic rings. The highest BCUT2D eigenvalue weighted by Crippen LogP contribution is 2.24. The zero-order valence-electron chi connectivity index (χ0n) is 16.2. The molecule has 3 aromatic rings. The largest absolute Gasteiger partial charge is 0.489 e. The topological polar surface area (TPSA) is 76.4 Å². The molecule has 2 N–H and O–H groups in total. The van der Waals surface area contributed by atoms with Crippen molar-refractivity contribution in [1.82, 2.24) is 5.32 Å². The van der Waals surface area contributed by atoms with Gasteiger partial charge in [0.1, 0.15) is 12.4 Å². The molecule has 30 heavy (non-hydrogen) atoms. The van der Waals surface area contributed by atoms with Crippen LogP contribution in [-0.4, -0.2) is 18.0 Å². The SMILES string of the molecule is Cl.O=[N+]([O-])c1ccc(NCCNCc2cc(Br)ccc2OCc2ccccc2)cc1. The average molecular weight is 493 g/mol. The van der Waals surface area contributed by atoms with E-state index in [1.54, 1.807) is 12.1 Å². The Morgan fingerprint density at radius 3 is 2.40 bits per heavy atom. The Morgan fingerprint density at radius 1 is 0.967 bits per heavy atom. The smallest absolute Gasteiger partial charge is 0.269 e. The van der Waals surface area contributed by atoms with Gasteiger partial charge in [-0.2, -0.15) is 0 Å². The fourth-order valence-corrected chi connectivity index (χ4v) is 3.19. The van der Waals surface area contributed by atoms with E-state index < -0.39 is 4.92 Å². The highest BCUT2D eigenvalue weighted by Gasteiger charge is 2.06. The van der Waals surface area contributed by atoms with Gasteiger partial charge in [-0.25, -0.2) is 0 Å². The van der Waals surface area contributed by atoms with Crippen molar-refractivity contribution >= 4 is 39.7 Å². The second-order valence-corrected chi connectivity index (χ2v) is 7.35. The molecular formula is C22H23BrClN3O3. The van der Waals surface area contributed by atoms with Gasteiger partial charge in [0.25, 0.3) is 5.69 Å². The Labute approximate surface area is 190 Å². The number of rotatable bonds is 10. The maximum Gasteiger partial charge on any atom is 0.269 e. The van der Waals surface area contributed by atoms with E-state index in [1.165, 1.54) is 12.1 Å². The fraction of sp³-hybridized carbons (Fsp3) is 0.182. The van der Waals surface area contributed by atoms with Crippen molar-refractivity contribution in [3.63, 3.8) is 0 Å². The van der Waals surface area contributed by atoms with E-state index in [4.69, 9.17) is 4.74 Å². The Bertz CT molecular complexity index is 940. The number of nitrogens with zero attached hydrogens (tertiary/aromatic N) is 1. The van der Waals surface area contributed by atoms with Crippen molar-refractivity contribution in [1.29, 1.82) is 0 Å². The minimum absolute atomic E-state index is 0. The molecule has 0 radical (unpaired) electrons. The molecule has 0 aromatic heterocycles. The second kappa shape index (κ2) is 12.2. The van der Waals surface area contributed by atoms with E-state index in [1.807, 2.05) is 42.5 Å². The quantitative estimate of drug-likeness (QED) is 0.220. The van der Waals surface area contributed by atoms with E-state index in [2.05, 4.69) is 32.6 Å². The van der Waals surface area contributed by atoms with Gasteiger partial charge >= 0.3 is 0 Å². The average Bonchev–Trinajstić information content (AvgIpc) is 2.74. The maximum absolute atomic E-state index is 10.7. The van der Waals surface area contributed by atoms with Crippen molar-refractivity contribution in [3.8, 4) is 5.75 Å². The number of nitrogens with one attached hydrogen (secondary N) is 2. The molecule has 0 bridgehead atoms. The van der Waals surface area contributed by atoms with E-state index in [0.717, 1.165) is 33.6 Å². The van der Waals surface area contributed by atoms with Gasteiger partial charge in [0.2, 0.25) is 0 Å². The highest BCUT2D eigenvalue weighted by atomic mass is 79.9. The summed E-state index contributed by atoms with van der Waals surface area (Å²) in [5.74, 6) is 0.855. The standard InChI is InChI=1S/C22H22BrN3O3.ClH/c23-19-6-11-22(29-16-17-4-2-1-3-5-17)18(14-19)15-24-12-13-25-20-7-9-21(10-8-20)26(27)28;/h1-11,14,24-25H,12-13,15-16H2;1H. The number of hydrogen-bond acceptors (Lipinski definition) is 5. The van der Waals surface area contributed by atoms with Crippen LogP contribution in [0.25, 0.3) is 0 Å². The predicted octanol–water partition coefficient (Wildman–Crippen LogP) is 5.56. The first-order chi connectivity index (χ1) is 14.1. The molecule has 8 heteroatoms. The van der Waals surface area contributed by atoms with Crippen LogP contribution in [0, 0.1) is 10.1 Å². The summed E-state index contributed by atoms with van der Waals surface area (Å²) < 4.78 is 7.01. The molecule has 3 rings (SSSR count). The van der Waals surface area contributed by atoms with Gasteiger partial charge in [0.15, 0.2) is 0 Å². The molecule has 3 aromatic carbocycles. The molecule has 158 valence electrons. The predicted molar refractivity (Wildman–Crippen MR) is 125 cm³/mol. The number of ether oxygens (including phenoxy) is 1. The third-order valence-corrected chi connectivity index (χ3v) is 4.78. The Kier molecular flexibility index (Phi) is 9.60. The normalized spacial score (nSPS) is 10.2. The number of nitro benzene ring substituents is 1. The molecule has 0 spiro atoms. The number of hydrogen-bond donors (Lipinski definition) is 2. The lowest BCUT2D eigenvalue weighted by Crippen LogP contribution is -2.22. The molecule has 0 fully saturated rings. The minimum atomic E-state index is -0.402. The van der Waals surface area contributed by atoms with Crippen LogP contribution >= 0.6 is 28.3 Å². The lowest BCUT2D eigenvalue weighted by atomic mass is 10.2. The van der Waals surface area contributed by atoms with Crippen molar-refractivity contribution in [2.45, 2.75) is 13.2 Å². The van der Waals surface area contributed by atoms with Crippen molar-refractivity contribution in [2.24, 2.45) is 0 Å². The van der Waals surface area contributed by atoms with Crippen LogP contribution < -0.4 is 15.4 Å². The van der Waals surface area contributed by atoms with E-state index >= 15 is 0 Å². The van der Waals surface area contributed by atoms with Crippen LogP contribution in [0.2, 0.25) is 0 Å². The summed E-state index contributed by atoms with van der Waals surface area (Å²) in [7, 11) is 0. The van der Waals surface area contributed by atoms with E-state index in [9.17, 15) is 10.1 Å². The molecule has 0 amide bonds. The van der Waals surface area contributed by atoms with Crippen molar-refractivity contribution < 1.29 is 9.66 Å². The highest BCUT2D eigenvalue weighted by molar-refractivity contribution is 9.10. The van der Waals surface area contributed by atoms with E-state index in [0.29, 0.717) is 19.7 Å². The molecular weight excluding hydrogens is 470 g/mol. The van der Waals surface area contributed by atoms with Crippen LogP contribution in [0.4, 0.5) is 11.4 Å². The van der Waals surface area contributed by atoms with E-state index in [-0.39, 0.29) is 18.1 Å². The second-order valence-electron chi connectivity index (χ2n) is 6.43. The Morgan fingerprint density at radius 2 is 1.70 bits per heavy atom. The van der Waals surface area contributed by atoms with Gasteiger partial charge in [-0.3, -0.25) is 10.1 Å². The summed E-state index contributed by atoms with van der Waals surface area (Å²) in [6.07, 6.45) is 0. The first-order valence-corrected chi connectivity index (χ1v) is 10.1. The summed E-state index contributed by atoms with van der Waals surface area (Å²) in [5, 5.41) is 17.3. The number of halogens is 2. The van der Waals surface area contributed by atoms with Crippen LogP contribution in [0.5, 0.6) is 5.75 Å². The monoisotopic (exact) mass is 491 g/mol. The number of anilines is 1. The first kappa shape index (κ1) is 23.7. The maximum atomic E-state index is 10.7. The van der Waals surface area contributed by atoms with Crippen molar-refractivity contribution in [2.75, 3.05) is 18.4 Å². The van der Waals surface area contributed by atoms with Gasteiger partial charge < -0.3 is 15.4 Å². The molecule has 0 aliphatic heterocycles. The third kappa shape index (κ3) is 7.33. The van der Waals surface area contributed by atoms with Crippen LogP contribution in [0.1, 0.15) is 11.1 Å².